The molecule has 4 aromatic carbocycles. The summed E-state index contributed by atoms with van der Waals surface area (Å²) >= 11 is 1.64. The third-order valence-electron chi connectivity index (χ3n) is 7.32. The zero-order valence-electron chi connectivity index (χ0n) is 22.3. The Morgan fingerprint density at radius 2 is 1.55 bits per heavy atom. The number of carboxylic acids is 1. The lowest BCUT2D eigenvalue weighted by molar-refractivity contribution is -0.268. The van der Waals surface area contributed by atoms with Gasteiger partial charge in [-0.1, -0.05) is 73.7 Å². The average Bonchev–Trinajstić information content (AvgIpc) is 3.01. The first-order valence-electron chi connectivity index (χ1n) is 13.3. The predicted molar refractivity (Wildman–Crippen MR) is 157 cm³/mol. The fourth-order valence-corrected chi connectivity index (χ4v) is 5.96. The van der Waals surface area contributed by atoms with Crippen molar-refractivity contribution in [1.29, 1.82) is 0 Å². The molecule has 5 rings (SSSR count). The minimum atomic E-state index is -0.936. The molecule has 40 heavy (non-hydrogen) atoms. The molecule has 206 valence electrons. The molecule has 0 amide bonds. The van der Waals surface area contributed by atoms with E-state index < -0.39 is 12.3 Å². The molecule has 0 radical (unpaired) electrons. The molecule has 0 saturated carbocycles. The van der Waals surface area contributed by atoms with E-state index in [2.05, 4.69) is 31.2 Å². The maximum atomic E-state index is 11.2. The van der Waals surface area contributed by atoms with Gasteiger partial charge in [0.25, 0.3) is 0 Å². The van der Waals surface area contributed by atoms with Crippen molar-refractivity contribution < 1.29 is 24.5 Å². The van der Waals surface area contributed by atoms with Gasteiger partial charge in [0.1, 0.15) is 0 Å². The lowest BCUT2D eigenvalue weighted by Gasteiger charge is -2.41. The van der Waals surface area contributed by atoms with Gasteiger partial charge < -0.3 is 25.4 Å². The molecule has 0 spiro atoms. The van der Waals surface area contributed by atoms with Gasteiger partial charge in [0.2, 0.25) is 0 Å². The van der Waals surface area contributed by atoms with Crippen molar-refractivity contribution in [2.75, 3.05) is 5.75 Å². The van der Waals surface area contributed by atoms with Crippen molar-refractivity contribution in [3.8, 4) is 11.1 Å². The van der Waals surface area contributed by atoms with E-state index in [0.717, 1.165) is 38.3 Å². The van der Waals surface area contributed by atoms with E-state index in [1.54, 1.807) is 23.9 Å². The molecule has 4 atom stereocenters. The topological polar surface area (TPSA) is 102 Å². The second-order valence-corrected chi connectivity index (χ2v) is 11.1. The summed E-state index contributed by atoms with van der Waals surface area (Å²) in [4.78, 5) is 12.2. The average molecular weight is 556 g/mol. The number of aliphatic hydroxyl groups excluding tert-OH is 1. The second kappa shape index (κ2) is 12.8. The molecule has 1 fully saturated rings. The Hall–Kier alpha value is -3.46. The number of carbonyl (C=O) groups is 1. The number of ether oxygens (including phenoxy) is 2. The van der Waals surface area contributed by atoms with Gasteiger partial charge in [-0.3, -0.25) is 0 Å². The van der Waals surface area contributed by atoms with Crippen molar-refractivity contribution in [3.63, 3.8) is 0 Å². The van der Waals surface area contributed by atoms with Crippen molar-refractivity contribution >= 4 is 17.7 Å². The molecule has 6 nitrogen and oxygen atoms in total. The first-order chi connectivity index (χ1) is 19.4. The number of thioether (sulfide) groups is 1. The summed E-state index contributed by atoms with van der Waals surface area (Å²) < 4.78 is 13.1. The Bertz CT molecular complexity index is 1420. The number of aromatic carboxylic acids is 1. The van der Waals surface area contributed by atoms with Crippen LogP contribution in [-0.2, 0) is 22.6 Å². The summed E-state index contributed by atoms with van der Waals surface area (Å²) in [5, 5.41) is 18.7. The van der Waals surface area contributed by atoms with Crippen LogP contribution >= 0.6 is 11.8 Å². The Morgan fingerprint density at radius 3 is 2.20 bits per heavy atom. The van der Waals surface area contributed by atoms with Crippen LogP contribution in [0.5, 0.6) is 0 Å². The van der Waals surface area contributed by atoms with Gasteiger partial charge in [-0.2, -0.15) is 0 Å². The van der Waals surface area contributed by atoms with Crippen LogP contribution in [0.15, 0.2) is 102 Å². The van der Waals surface area contributed by atoms with E-state index >= 15 is 0 Å². The van der Waals surface area contributed by atoms with Crippen molar-refractivity contribution in [2.45, 2.75) is 43.5 Å². The number of hydrogen-bond acceptors (Lipinski definition) is 6. The molecule has 0 aliphatic carbocycles. The summed E-state index contributed by atoms with van der Waals surface area (Å²) in [5.41, 5.74) is 12.2. The first-order valence-corrected chi connectivity index (χ1v) is 14.3. The maximum Gasteiger partial charge on any atom is 0.335 e. The quantitative estimate of drug-likeness (QED) is 0.200. The molecule has 1 heterocycles. The Kier molecular flexibility index (Phi) is 8.99. The standard InChI is InChI=1S/C33H33NO5S/c1-21-30(20-40-29-15-13-26(14-16-29)32(36)37)38-33(39-31(21)25-7-5-22(19-35)6-8-25)27-11-9-24(10-12-27)28-4-2-3-23(17-28)18-34/h2-17,21,30-31,33,35H,18-20,34H2,1H3,(H,36,37)/t21-,30+,31+,33+/m0/s1. The van der Waals surface area contributed by atoms with E-state index in [9.17, 15) is 15.0 Å². The van der Waals surface area contributed by atoms with E-state index in [-0.39, 0.29) is 30.3 Å². The lowest BCUT2D eigenvalue weighted by Crippen LogP contribution is -2.38. The Labute approximate surface area is 238 Å². The minimum Gasteiger partial charge on any atom is -0.478 e. The van der Waals surface area contributed by atoms with Crippen LogP contribution in [0, 0.1) is 5.92 Å². The highest BCUT2D eigenvalue weighted by molar-refractivity contribution is 7.99. The predicted octanol–water partition coefficient (Wildman–Crippen LogP) is 6.59. The van der Waals surface area contributed by atoms with Gasteiger partial charge in [-0.25, -0.2) is 4.79 Å². The molecule has 4 N–H and O–H groups in total. The minimum absolute atomic E-state index is 0.00639. The Balaban J connectivity index is 1.38. The molecular formula is C33H33NO5S. The molecule has 0 bridgehead atoms. The molecule has 0 unspecified atom stereocenters. The van der Waals surface area contributed by atoms with Crippen molar-refractivity contribution in [2.24, 2.45) is 11.7 Å². The first kappa shape index (κ1) is 28.1. The third-order valence-corrected chi connectivity index (χ3v) is 8.42. The van der Waals surface area contributed by atoms with Crippen molar-refractivity contribution in [3.05, 3.63) is 125 Å². The highest BCUT2D eigenvalue weighted by Gasteiger charge is 2.38. The summed E-state index contributed by atoms with van der Waals surface area (Å²) in [6.07, 6.45) is -0.873. The fourth-order valence-electron chi connectivity index (χ4n) is 4.89. The maximum absolute atomic E-state index is 11.2. The van der Waals surface area contributed by atoms with E-state index in [0.29, 0.717) is 12.3 Å². The normalized spacial score (nSPS) is 20.8. The summed E-state index contributed by atoms with van der Waals surface area (Å²) in [7, 11) is 0. The van der Waals surface area contributed by atoms with Crippen LogP contribution in [0.4, 0.5) is 0 Å². The smallest absolute Gasteiger partial charge is 0.335 e. The zero-order valence-corrected chi connectivity index (χ0v) is 23.1. The molecule has 1 saturated heterocycles. The fraction of sp³-hybridized carbons (Fsp3) is 0.242. The highest BCUT2D eigenvalue weighted by Crippen LogP contribution is 2.43. The van der Waals surface area contributed by atoms with Gasteiger partial charge in [0.15, 0.2) is 6.29 Å². The molecular weight excluding hydrogens is 522 g/mol. The number of rotatable bonds is 9. The summed E-state index contributed by atoms with van der Waals surface area (Å²) in [6.45, 7) is 2.62. The van der Waals surface area contributed by atoms with Gasteiger partial charge in [0, 0.05) is 28.7 Å². The van der Waals surface area contributed by atoms with Crippen LogP contribution in [0.1, 0.15) is 51.9 Å². The van der Waals surface area contributed by atoms with Crippen molar-refractivity contribution in [1.82, 2.24) is 0 Å². The number of hydrogen-bond donors (Lipinski definition) is 3. The Morgan fingerprint density at radius 1 is 0.850 bits per heavy atom. The van der Waals surface area contributed by atoms with Crippen LogP contribution in [0.3, 0.4) is 0 Å². The second-order valence-electron chi connectivity index (χ2n) is 9.99. The van der Waals surface area contributed by atoms with Gasteiger partial charge >= 0.3 is 5.97 Å². The van der Waals surface area contributed by atoms with Crippen LogP contribution in [0.25, 0.3) is 11.1 Å². The van der Waals surface area contributed by atoms with Gasteiger partial charge in [0.05, 0.1) is 24.4 Å². The molecule has 0 aromatic heterocycles. The number of benzene rings is 4. The largest absolute Gasteiger partial charge is 0.478 e. The monoisotopic (exact) mass is 555 g/mol. The SMILES string of the molecule is C[C@H]1[C@@H](CSc2ccc(C(=O)O)cc2)O[C@@H](c2ccc(-c3cccc(CN)c3)cc2)O[C@H]1c1ccc(CO)cc1. The summed E-state index contributed by atoms with van der Waals surface area (Å²) in [5.74, 6) is -0.197. The highest BCUT2D eigenvalue weighted by atomic mass is 32.2. The van der Waals surface area contributed by atoms with Gasteiger partial charge in [-0.05, 0) is 58.1 Å². The molecule has 1 aliphatic rings. The van der Waals surface area contributed by atoms with E-state index in [1.807, 2.05) is 60.7 Å². The van der Waals surface area contributed by atoms with E-state index in [1.165, 1.54) is 0 Å². The lowest BCUT2D eigenvalue weighted by atomic mass is 9.91. The molecule has 1 aliphatic heterocycles. The number of nitrogens with two attached hydrogens (primary N) is 1. The van der Waals surface area contributed by atoms with E-state index in [4.69, 9.17) is 15.2 Å². The van der Waals surface area contributed by atoms with Crippen LogP contribution in [0.2, 0.25) is 0 Å². The zero-order chi connectivity index (χ0) is 28.1. The number of carboxylic acid groups (broad SMARTS) is 1. The van der Waals surface area contributed by atoms with Crippen LogP contribution < -0.4 is 5.73 Å². The summed E-state index contributed by atoms with van der Waals surface area (Å²) in [6, 6.07) is 31.3. The number of aliphatic hydroxyl groups is 1. The molecule has 7 heteroatoms. The van der Waals surface area contributed by atoms with Gasteiger partial charge in [-0.15, -0.1) is 11.8 Å². The van der Waals surface area contributed by atoms with Crippen LogP contribution in [-0.4, -0.2) is 28.0 Å². The third kappa shape index (κ3) is 6.46. The molecule has 4 aromatic rings.